The van der Waals surface area contributed by atoms with Crippen LogP contribution in [0.3, 0.4) is 0 Å². The maximum Gasteiger partial charge on any atom is 0.339 e. The maximum absolute atomic E-state index is 12.6. The first-order chi connectivity index (χ1) is 12.2. The summed E-state index contributed by atoms with van der Waals surface area (Å²) in [5.41, 5.74) is 2.89. The third-order valence-corrected chi connectivity index (χ3v) is 6.14. The van der Waals surface area contributed by atoms with Gasteiger partial charge in [-0.1, -0.05) is 39.8 Å². The molecule has 0 bridgehead atoms. The zero-order valence-corrected chi connectivity index (χ0v) is 16.5. The van der Waals surface area contributed by atoms with E-state index in [2.05, 4.69) is 33.0 Å². The van der Waals surface area contributed by atoms with Gasteiger partial charge in [-0.05, 0) is 53.9 Å². The van der Waals surface area contributed by atoms with Gasteiger partial charge in [-0.25, -0.2) is 4.79 Å². The Morgan fingerprint density at radius 3 is 2.42 bits per heavy atom. The molecule has 0 saturated carbocycles. The van der Waals surface area contributed by atoms with Crippen molar-refractivity contribution in [3.63, 3.8) is 0 Å². The van der Waals surface area contributed by atoms with Crippen LogP contribution in [-0.2, 0) is 18.3 Å². The van der Waals surface area contributed by atoms with Crippen LogP contribution in [0, 0.1) is 5.92 Å². The first-order valence-electron chi connectivity index (χ1n) is 8.96. The lowest BCUT2D eigenvalue weighted by Crippen LogP contribution is -2.16. The molecule has 1 aliphatic carbocycles. The lowest BCUT2D eigenvalue weighted by Gasteiger charge is -2.19. The third-order valence-electron chi connectivity index (χ3n) is 4.97. The molecule has 5 heteroatoms. The molecule has 1 aromatic heterocycles. The summed E-state index contributed by atoms with van der Waals surface area (Å²) in [5, 5.41) is 12.9. The molecule has 1 amide bonds. The number of nitrogens with one attached hydrogen (secondary N) is 1. The molecule has 4 nitrogen and oxygen atoms in total. The van der Waals surface area contributed by atoms with Crippen LogP contribution >= 0.6 is 11.3 Å². The summed E-state index contributed by atoms with van der Waals surface area (Å²) in [6.07, 6.45) is 2.65. The van der Waals surface area contributed by atoms with Crippen LogP contribution < -0.4 is 5.32 Å². The minimum atomic E-state index is -0.963. The van der Waals surface area contributed by atoms with E-state index in [4.69, 9.17) is 0 Å². The van der Waals surface area contributed by atoms with E-state index in [1.807, 2.05) is 12.1 Å². The number of thiophene rings is 1. The van der Waals surface area contributed by atoms with Gasteiger partial charge >= 0.3 is 5.97 Å². The van der Waals surface area contributed by atoms with Crippen molar-refractivity contribution in [2.24, 2.45) is 5.92 Å². The molecule has 2 N–H and O–H groups in total. The Bertz CT molecular complexity index is 843. The van der Waals surface area contributed by atoms with Gasteiger partial charge in [0.2, 0.25) is 0 Å². The number of carboxylic acid groups (broad SMARTS) is 1. The number of fused-ring (bicyclic) bond motifs is 1. The molecule has 0 spiro atoms. The van der Waals surface area contributed by atoms with Crippen molar-refractivity contribution < 1.29 is 14.7 Å². The molecule has 1 heterocycles. The summed E-state index contributed by atoms with van der Waals surface area (Å²) in [4.78, 5) is 25.5. The minimum Gasteiger partial charge on any atom is -0.478 e. The summed E-state index contributed by atoms with van der Waals surface area (Å²) in [6, 6.07) is 7.50. The van der Waals surface area contributed by atoms with Crippen LogP contribution in [-0.4, -0.2) is 17.0 Å². The van der Waals surface area contributed by atoms with Crippen LogP contribution in [0.15, 0.2) is 24.3 Å². The first-order valence-corrected chi connectivity index (χ1v) is 9.78. The molecule has 0 fully saturated rings. The Balaban J connectivity index is 1.87. The standard InChI is InChI=1S/C21H25NO3S/c1-12-5-10-15-16(11-12)26-19(17(15)20(24)25)22-18(23)13-6-8-14(9-7-13)21(2,3)4/h6-9,12H,5,10-11H2,1-4H3,(H,22,23)(H,24,25)/t12-/m0/s1. The predicted molar refractivity (Wildman–Crippen MR) is 106 cm³/mol. The van der Waals surface area contributed by atoms with E-state index < -0.39 is 5.97 Å². The summed E-state index contributed by atoms with van der Waals surface area (Å²) in [5.74, 6) is -0.675. The number of carbonyl (C=O) groups excluding carboxylic acids is 1. The van der Waals surface area contributed by atoms with E-state index in [1.165, 1.54) is 11.3 Å². The summed E-state index contributed by atoms with van der Waals surface area (Å²) < 4.78 is 0. The molecule has 2 aromatic rings. The van der Waals surface area contributed by atoms with Gasteiger partial charge in [-0.3, -0.25) is 4.79 Å². The van der Waals surface area contributed by atoms with Gasteiger partial charge < -0.3 is 10.4 Å². The minimum absolute atomic E-state index is 0.0228. The molecule has 1 atom stereocenters. The highest BCUT2D eigenvalue weighted by atomic mass is 32.1. The van der Waals surface area contributed by atoms with Crippen LogP contribution in [0.5, 0.6) is 0 Å². The topological polar surface area (TPSA) is 66.4 Å². The van der Waals surface area contributed by atoms with Crippen LogP contribution in [0.1, 0.15) is 70.8 Å². The number of rotatable bonds is 3. The quantitative estimate of drug-likeness (QED) is 0.787. The van der Waals surface area contributed by atoms with Crippen molar-refractivity contribution in [1.82, 2.24) is 0 Å². The van der Waals surface area contributed by atoms with E-state index in [9.17, 15) is 14.7 Å². The number of carboxylic acids is 1. The largest absolute Gasteiger partial charge is 0.478 e. The number of aromatic carboxylic acids is 1. The molecule has 26 heavy (non-hydrogen) atoms. The second kappa shape index (κ2) is 6.88. The molecular weight excluding hydrogens is 346 g/mol. The zero-order chi connectivity index (χ0) is 19.1. The molecule has 3 rings (SSSR count). The van der Waals surface area contributed by atoms with E-state index >= 15 is 0 Å². The fourth-order valence-corrected chi connectivity index (χ4v) is 4.76. The van der Waals surface area contributed by atoms with Crippen molar-refractivity contribution >= 4 is 28.2 Å². The summed E-state index contributed by atoms with van der Waals surface area (Å²) >= 11 is 1.41. The van der Waals surface area contributed by atoms with Crippen molar-refractivity contribution in [3.8, 4) is 0 Å². The van der Waals surface area contributed by atoms with Gasteiger partial charge in [0.1, 0.15) is 5.00 Å². The number of anilines is 1. The molecule has 0 unspecified atom stereocenters. The van der Waals surface area contributed by atoms with E-state index in [0.29, 0.717) is 16.5 Å². The SMILES string of the molecule is C[C@H]1CCc2c(sc(NC(=O)c3ccc(C(C)(C)C)cc3)c2C(=O)O)C1. The summed E-state index contributed by atoms with van der Waals surface area (Å²) in [7, 11) is 0. The lowest BCUT2D eigenvalue weighted by molar-refractivity contribution is 0.0697. The van der Waals surface area contributed by atoms with Gasteiger partial charge in [0, 0.05) is 10.4 Å². The smallest absolute Gasteiger partial charge is 0.339 e. The van der Waals surface area contributed by atoms with Gasteiger partial charge in [-0.2, -0.15) is 0 Å². The highest BCUT2D eigenvalue weighted by molar-refractivity contribution is 7.17. The Kier molecular flexibility index (Phi) is 4.93. The number of amides is 1. The fourth-order valence-electron chi connectivity index (χ4n) is 3.36. The van der Waals surface area contributed by atoms with Crippen molar-refractivity contribution in [3.05, 3.63) is 51.4 Å². The predicted octanol–water partition coefficient (Wildman–Crippen LogP) is 5.12. The molecule has 0 aliphatic heterocycles. The highest BCUT2D eigenvalue weighted by Gasteiger charge is 2.28. The Labute approximate surface area is 158 Å². The lowest BCUT2D eigenvalue weighted by atomic mass is 9.86. The molecule has 1 aromatic carbocycles. The Morgan fingerprint density at radius 1 is 1.19 bits per heavy atom. The van der Waals surface area contributed by atoms with Crippen LogP contribution in [0.25, 0.3) is 0 Å². The van der Waals surface area contributed by atoms with Gasteiger partial charge in [0.25, 0.3) is 5.91 Å². The van der Waals surface area contributed by atoms with Gasteiger partial charge in [-0.15, -0.1) is 11.3 Å². The number of carbonyl (C=O) groups is 2. The van der Waals surface area contributed by atoms with Crippen molar-refractivity contribution in [1.29, 1.82) is 0 Å². The molecule has 1 aliphatic rings. The second-order valence-electron chi connectivity index (χ2n) is 8.14. The fraction of sp³-hybridized carbons (Fsp3) is 0.429. The van der Waals surface area contributed by atoms with Crippen molar-refractivity contribution in [2.45, 2.75) is 52.4 Å². The highest BCUT2D eigenvalue weighted by Crippen LogP contribution is 2.39. The van der Waals surface area contributed by atoms with E-state index in [1.54, 1.807) is 12.1 Å². The van der Waals surface area contributed by atoms with E-state index in [-0.39, 0.29) is 16.9 Å². The maximum atomic E-state index is 12.6. The van der Waals surface area contributed by atoms with Gasteiger partial charge in [0.15, 0.2) is 0 Å². The zero-order valence-electron chi connectivity index (χ0n) is 15.7. The van der Waals surface area contributed by atoms with E-state index in [0.717, 1.165) is 35.3 Å². The number of hydrogen-bond acceptors (Lipinski definition) is 3. The Morgan fingerprint density at radius 2 is 1.85 bits per heavy atom. The van der Waals surface area contributed by atoms with Crippen LogP contribution in [0.4, 0.5) is 5.00 Å². The first kappa shape index (κ1) is 18.6. The average molecular weight is 372 g/mol. The third kappa shape index (κ3) is 3.68. The van der Waals surface area contributed by atoms with Crippen molar-refractivity contribution in [2.75, 3.05) is 5.32 Å². The molecule has 0 saturated heterocycles. The average Bonchev–Trinajstić information content (AvgIpc) is 2.91. The summed E-state index contributed by atoms with van der Waals surface area (Å²) in [6.45, 7) is 8.55. The second-order valence-corrected chi connectivity index (χ2v) is 9.25. The Hall–Kier alpha value is -2.14. The van der Waals surface area contributed by atoms with Crippen LogP contribution in [0.2, 0.25) is 0 Å². The molecule has 138 valence electrons. The van der Waals surface area contributed by atoms with Gasteiger partial charge in [0.05, 0.1) is 5.56 Å². The monoisotopic (exact) mass is 371 g/mol. The molecule has 0 radical (unpaired) electrons. The number of hydrogen-bond donors (Lipinski definition) is 2. The normalized spacial score (nSPS) is 16.8. The number of benzene rings is 1. The molecular formula is C21H25NO3S.